The van der Waals surface area contributed by atoms with E-state index in [0.29, 0.717) is 0 Å². The third kappa shape index (κ3) is 3.39. The van der Waals surface area contributed by atoms with Crippen LogP contribution in [0, 0.1) is 0 Å². The van der Waals surface area contributed by atoms with Gasteiger partial charge in [0.25, 0.3) is 0 Å². The molecule has 0 fully saturated rings. The molecule has 0 bridgehead atoms. The van der Waals surface area contributed by atoms with Gasteiger partial charge in [0, 0.05) is 33.0 Å². The van der Waals surface area contributed by atoms with Gasteiger partial charge in [0.15, 0.2) is 0 Å². The van der Waals surface area contributed by atoms with Crippen molar-refractivity contribution in [2.24, 2.45) is 0 Å². The predicted molar refractivity (Wildman–Crippen MR) is 175 cm³/mol. The molecule has 0 amide bonds. The molecule has 2 heteroatoms. The van der Waals surface area contributed by atoms with E-state index in [1.807, 2.05) is 0 Å². The summed E-state index contributed by atoms with van der Waals surface area (Å²) in [6.45, 7) is 0. The summed E-state index contributed by atoms with van der Waals surface area (Å²) in [5.41, 5.74) is 10.6. The van der Waals surface area contributed by atoms with Crippen LogP contribution in [-0.4, -0.2) is 4.57 Å². The lowest BCUT2D eigenvalue weighted by Gasteiger charge is -2.24. The van der Waals surface area contributed by atoms with E-state index in [1.54, 1.807) is 0 Å². The average Bonchev–Trinajstić information content (AvgIpc) is 3.39. The minimum atomic E-state index is 0.892. The molecular formula is C40H25NO. The molecule has 0 saturated heterocycles. The summed E-state index contributed by atoms with van der Waals surface area (Å²) in [6.07, 6.45) is 0. The molecule has 1 aliphatic heterocycles. The summed E-state index contributed by atoms with van der Waals surface area (Å²) in [4.78, 5) is 0. The number of aromatic nitrogens is 1. The van der Waals surface area contributed by atoms with E-state index in [1.165, 1.54) is 49.3 Å². The van der Waals surface area contributed by atoms with Crippen molar-refractivity contribution >= 4 is 32.6 Å². The Morgan fingerprint density at radius 3 is 2.07 bits per heavy atom. The first-order chi connectivity index (χ1) is 20.8. The number of benzene rings is 7. The minimum Gasteiger partial charge on any atom is -0.455 e. The standard InChI is InChI=1S/C40H25NO/c1-3-10-26(11-4-1)28-20-23-38-35(24-28)33-16-9-12-27-18-21-31(40(42-38)39(27)33)29-19-22-37-34(25-29)32-15-7-8-17-36(32)41(37)30-13-5-2-6-14-30/h1-25H. The predicted octanol–water partition coefficient (Wildman–Crippen LogP) is 11.0. The summed E-state index contributed by atoms with van der Waals surface area (Å²) in [5, 5.41) is 4.83. The summed E-state index contributed by atoms with van der Waals surface area (Å²) >= 11 is 0. The number of hydrogen-bond acceptors (Lipinski definition) is 1. The Kier molecular flexibility index (Phi) is 4.93. The Hall–Kier alpha value is -5.60. The summed E-state index contributed by atoms with van der Waals surface area (Å²) < 4.78 is 9.15. The lowest BCUT2D eigenvalue weighted by molar-refractivity contribution is 0.489. The normalized spacial score (nSPS) is 12.0. The summed E-state index contributed by atoms with van der Waals surface area (Å²) in [7, 11) is 0. The first-order valence-corrected chi connectivity index (χ1v) is 14.4. The molecule has 9 rings (SSSR count). The van der Waals surface area contributed by atoms with Crippen molar-refractivity contribution in [2.75, 3.05) is 0 Å². The van der Waals surface area contributed by atoms with Gasteiger partial charge >= 0.3 is 0 Å². The van der Waals surface area contributed by atoms with Gasteiger partial charge in [0.1, 0.15) is 11.5 Å². The Bertz CT molecular complexity index is 2310. The van der Waals surface area contributed by atoms with E-state index in [9.17, 15) is 0 Å². The highest BCUT2D eigenvalue weighted by Gasteiger charge is 2.24. The first kappa shape index (κ1) is 23.1. The molecule has 2 heterocycles. The van der Waals surface area contributed by atoms with Crippen LogP contribution in [0.3, 0.4) is 0 Å². The average molecular weight is 536 g/mol. The number of hydrogen-bond donors (Lipinski definition) is 0. The van der Waals surface area contributed by atoms with Gasteiger partial charge in [-0.2, -0.15) is 0 Å². The molecule has 0 saturated carbocycles. The molecule has 42 heavy (non-hydrogen) atoms. The van der Waals surface area contributed by atoms with Crippen molar-refractivity contribution in [3.05, 3.63) is 152 Å². The maximum atomic E-state index is 6.79. The van der Waals surface area contributed by atoms with Gasteiger partial charge in [-0.15, -0.1) is 0 Å². The Morgan fingerprint density at radius 1 is 0.429 bits per heavy atom. The van der Waals surface area contributed by atoms with Crippen LogP contribution >= 0.6 is 0 Å². The van der Waals surface area contributed by atoms with Crippen LogP contribution in [0.1, 0.15) is 0 Å². The Morgan fingerprint density at radius 2 is 1.19 bits per heavy atom. The number of fused-ring (bicyclic) bond motifs is 5. The van der Waals surface area contributed by atoms with Crippen LogP contribution < -0.4 is 4.74 Å². The van der Waals surface area contributed by atoms with Crippen molar-refractivity contribution in [3.63, 3.8) is 0 Å². The van der Waals surface area contributed by atoms with Gasteiger partial charge in [-0.05, 0) is 76.2 Å². The van der Waals surface area contributed by atoms with Gasteiger partial charge in [-0.3, -0.25) is 0 Å². The fraction of sp³-hybridized carbons (Fsp3) is 0. The first-order valence-electron chi connectivity index (χ1n) is 14.4. The van der Waals surface area contributed by atoms with E-state index in [2.05, 4.69) is 156 Å². The quantitative estimate of drug-likeness (QED) is 0.219. The third-order valence-corrected chi connectivity index (χ3v) is 8.58. The summed E-state index contributed by atoms with van der Waals surface area (Å²) in [6, 6.07) is 54.2. The molecule has 0 N–H and O–H groups in total. The van der Waals surface area contributed by atoms with Crippen LogP contribution in [0.25, 0.3) is 71.6 Å². The zero-order valence-corrected chi connectivity index (χ0v) is 22.8. The van der Waals surface area contributed by atoms with Crippen LogP contribution in [0.5, 0.6) is 11.5 Å². The highest BCUT2D eigenvalue weighted by molar-refractivity contribution is 6.12. The van der Waals surface area contributed by atoms with Crippen molar-refractivity contribution in [1.29, 1.82) is 0 Å². The molecule has 0 atom stereocenters. The van der Waals surface area contributed by atoms with E-state index in [4.69, 9.17) is 4.74 Å². The van der Waals surface area contributed by atoms with Crippen molar-refractivity contribution < 1.29 is 4.74 Å². The van der Waals surface area contributed by atoms with Crippen molar-refractivity contribution in [2.45, 2.75) is 0 Å². The van der Waals surface area contributed by atoms with E-state index in [0.717, 1.165) is 33.9 Å². The molecule has 1 aliphatic rings. The van der Waals surface area contributed by atoms with Crippen LogP contribution in [0.4, 0.5) is 0 Å². The van der Waals surface area contributed by atoms with Crippen molar-refractivity contribution in [1.82, 2.24) is 4.57 Å². The molecule has 7 aromatic carbocycles. The fourth-order valence-corrected chi connectivity index (χ4v) is 6.65. The van der Waals surface area contributed by atoms with E-state index < -0.39 is 0 Å². The molecule has 0 unspecified atom stereocenters. The molecule has 1 aromatic heterocycles. The minimum absolute atomic E-state index is 0.892. The largest absolute Gasteiger partial charge is 0.455 e. The van der Waals surface area contributed by atoms with Crippen molar-refractivity contribution in [3.8, 4) is 50.6 Å². The van der Waals surface area contributed by atoms with Gasteiger partial charge in [-0.25, -0.2) is 0 Å². The molecule has 196 valence electrons. The number of nitrogens with zero attached hydrogens (tertiary/aromatic N) is 1. The zero-order chi connectivity index (χ0) is 27.6. The van der Waals surface area contributed by atoms with Crippen LogP contribution in [-0.2, 0) is 0 Å². The second-order valence-corrected chi connectivity index (χ2v) is 10.9. The Labute approximate surface area is 243 Å². The van der Waals surface area contributed by atoms with Gasteiger partial charge in [0.2, 0.25) is 0 Å². The van der Waals surface area contributed by atoms with E-state index in [-0.39, 0.29) is 0 Å². The van der Waals surface area contributed by atoms with Crippen LogP contribution in [0.15, 0.2) is 152 Å². The van der Waals surface area contributed by atoms with Crippen LogP contribution in [0.2, 0.25) is 0 Å². The molecule has 8 aromatic rings. The molecule has 2 nitrogen and oxygen atoms in total. The second-order valence-electron chi connectivity index (χ2n) is 10.9. The van der Waals surface area contributed by atoms with Gasteiger partial charge in [-0.1, -0.05) is 103 Å². The number of rotatable bonds is 3. The molecule has 0 spiro atoms. The second kappa shape index (κ2) is 8.95. The van der Waals surface area contributed by atoms with E-state index >= 15 is 0 Å². The maximum Gasteiger partial charge on any atom is 0.143 e. The monoisotopic (exact) mass is 535 g/mol. The number of para-hydroxylation sites is 2. The van der Waals surface area contributed by atoms with Gasteiger partial charge < -0.3 is 9.30 Å². The molecule has 0 radical (unpaired) electrons. The SMILES string of the molecule is c1ccc(-c2ccc3c(c2)-c2cccc4ccc(-c5ccc6c(c5)c5ccccc5n6-c5ccccc5)c(c24)O3)cc1. The third-order valence-electron chi connectivity index (χ3n) is 8.58. The lowest BCUT2D eigenvalue weighted by atomic mass is 9.89. The maximum absolute atomic E-state index is 6.79. The topological polar surface area (TPSA) is 14.2 Å². The van der Waals surface area contributed by atoms with Gasteiger partial charge in [0.05, 0.1) is 11.0 Å². The molecule has 0 aliphatic carbocycles. The highest BCUT2D eigenvalue weighted by Crippen LogP contribution is 2.51. The lowest BCUT2D eigenvalue weighted by Crippen LogP contribution is -1.99. The Balaban J connectivity index is 1.26. The number of ether oxygens (including phenoxy) is 1. The molecular weight excluding hydrogens is 510 g/mol. The zero-order valence-electron chi connectivity index (χ0n) is 22.8. The highest BCUT2D eigenvalue weighted by atomic mass is 16.5. The smallest absolute Gasteiger partial charge is 0.143 e. The fourth-order valence-electron chi connectivity index (χ4n) is 6.65. The summed E-state index contributed by atoms with van der Waals surface area (Å²) in [5.74, 6) is 1.82.